The Morgan fingerprint density at radius 3 is 1.44 bits per heavy atom. The van der Waals surface area contributed by atoms with Crippen LogP contribution in [-0.4, -0.2) is 235 Å². The van der Waals surface area contributed by atoms with Crippen molar-refractivity contribution in [3.63, 3.8) is 0 Å². The number of primary amides is 3. The van der Waals surface area contributed by atoms with Crippen LogP contribution in [0.3, 0.4) is 0 Å². The summed E-state index contributed by atoms with van der Waals surface area (Å²) in [6.45, 7) is 8.10. The number of aliphatic hydroxyl groups excluding tert-OH is 2. The van der Waals surface area contributed by atoms with Crippen LogP contribution in [0.15, 0.2) is 17.5 Å². The molecule has 38 nitrogen and oxygen atoms in total. The number of carbonyl (C=O) groups is 15. The Labute approximate surface area is 559 Å². The maximum atomic E-state index is 14.7. The quantitative estimate of drug-likeness (QED) is 0.0164. The van der Waals surface area contributed by atoms with Gasteiger partial charge in [-0.1, -0.05) is 41.5 Å². The minimum absolute atomic E-state index is 0.00358. The van der Waals surface area contributed by atoms with Crippen molar-refractivity contribution >= 4 is 94.6 Å². The summed E-state index contributed by atoms with van der Waals surface area (Å²) in [6.07, 6.45) is 0.186. The highest BCUT2D eigenvalue weighted by molar-refractivity contribution is 6.00. The molecule has 0 bridgehead atoms. The zero-order chi connectivity index (χ0) is 73.0. The first-order valence-corrected chi connectivity index (χ1v) is 32.0. The van der Waals surface area contributed by atoms with Gasteiger partial charge < -0.3 is 112 Å². The fourth-order valence-electron chi connectivity index (χ4n) is 10.7. The van der Waals surface area contributed by atoms with Gasteiger partial charge >= 0.3 is 5.97 Å². The minimum atomic E-state index is -1.80. The summed E-state index contributed by atoms with van der Waals surface area (Å²) >= 11 is 0. The second-order valence-corrected chi connectivity index (χ2v) is 25.1. The van der Waals surface area contributed by atoms with E-state index in [2.05, 4.69) is 62.8 Å². The number of nitrogens with zero attached hydrogens (tertiary/aromatic N) is 4. The summed E-state index contributed by atoms with van der Waals surface area (Å²) < 4.78 is 0. The predicted octanol–water partition coefficient (Wildman–Crippen LogP) is -8.10. The van der Waals surface area contributed by atoms with Crippen molar-refractivity contribution in [2.75, 3.05) is 32.8 Å². The van der Waals surface area contributed by atoms with Gasteiger partial charge in [-0.15, -0.1) is 0 Å². The highest BCUT2D eigenvalue weighted by atomic mass is 16.4. The van der Waals surface area contributed by atoms with Gasteiger partial charge in [0.25, 0.3) is 0 Å². The highest BCUT2D eigenvalue weighted by Gasteiger charge is 2.43. The average molecular weight is 1380 g/mol. The van der Waals surface area contributed by atoms with Crippen LogP contribution in [0.1, 0.15) is 131 Å². The molecule has 0 aromatic carbocycles. The molecule has 12 atom stereocenters. The molecule has 3 rings (SSSR count). The standard InChI is InChI=1S/C59H98N20O18/c1-28(2)20-36(72-47(85)32(60)25-80)50(88)76-40(26-81)52(90)77-46(30(5)6)55(93)71-34(10-7-17-67-59(64)65)56(94)78-18-9-12-42(78)54(92)74-38(23-45(63)84)51(89)73-37(21-29(3)4)49(87)70-35(14-16-44(62)83)57(95)79-19-8-11-41(79)53(91)69-33(13-15-43(61)82)48(86)75-39(58(96)97)22-31-24-66-27-68-31/h24,27-30,32-42,46,80-81H,7-23,25-26,60H2,1-6H3,(H2,61,82)(H2,62,83)(H2,63,84)(H,66,68)(H,69,91)(H,70,87)(H,71,93)(H,72,85)(H,73,89)(H,74,92)(H,75,86)(H,76,88)(H,77,90)(H,96,97)(H4,64,65,67)/t32-,33-,34-,35-,36-,37-,38-,39-,40-,41-,42-,46-/m0/s1. The maximum Gasteiger partial charge on any atom is 0.326 e. The van der Waals surface area contributed by atoms with Gasteiger partial charge in [-0.25, -0.2) is 9.78 Å². The van der Waals surface area contributed by atoms with E-state index in [0.29, 0.717) is 5.69 Å². The number of aromatic amines is 1. The fraction of sp³-hybridized carbons (Fsp3) is 0.678. The molecule has 38 heteroatoms. The molecule has 0 spiro atoms. The normalized spacial score (nSPS) is 17.5. The van der Waals surface area contributed by atoms with Crippen LogP contribution in [0.4, 0.5) is 0 Å². The number of carboxylic acid groups (broad SMARTS) is 1. The lowest BCUT2D eigenvalue weighted by molar-refractivity contribution is -0.144. The van der Waals surface area contributed by atoms with E-state index in [1.54, 1.807) is 41.5 Å². The van der Waals surface area contributed by atoms with Gasteiger partial charge in [-0.2, -0.15) is 0 Å². The Hall–Kier alpha value is -9.59. The number of hydrogen-bond acceptors (Lipinski definition) is 20. The number of carboxylic acids is 1. The summed E-state index contributed by atoms with van der Waals surface area (Å²) in [6, 6.07) is -17.8. The molecular weight excluding hydrogens is 1280 g/mol. The fourth-order valence-corrected chi connectivity index (χ4v) is 10.7. The van der Waals surface area contributed by atoms with Crippen LogP contribution in [0.25, 0.3) is 0 Å². The summed E-state index contributed by atoms with van der Waals surface area (Å²) in [7, 11) is 0. The Balaban J connectivity index is 1.88. The molecule has 2 aliphatic heterocycles. The number of amides is 14. The molecule has 0 radical (unpaired) electrons. The van der Waals surface area contributed by atoms with Crippen molar-refractivity contribution in [2.45, 2.75) is 204 Å². The lowest BCUT2D eigenvalue weighted by atomic mass is 10.0. The molecule has 3 heterocycles. The van der Waals surface area contributed by atoms with E-state index in [1.807, 2.05) is 0 Å². The van der Waals surface area contributed by atoms with Crippen molar-refractivity contribution in [3.05, 3.63) is 18.2 Å². The number of H-pyrrole nitrogens is 1. The average Bonchev–Trinajstić information content (AvgIpc) is 1.78. The molecule has 1 aromatic heterocycles. The molecule has 542 valence electrons. The van der Waals surface area contributed by atoms with Gasteiger partial charge in [-0.3, -0.25) is 72.1 Å². The van der Waals surface area contributed by atoms with Gasteiger partial charge in [-0.05, 0) is 82.0 Å². The van der Waals surface area contributed by atoms with E-state index < -0.39 is 206 Å². The number of aromatic nitrogens is 2. The molecule has 2 saturated heterocycles. The lowest BCUT2D eigenvalue weighted by Crippen LogP contribution is -2.61. The third-order valence-corrected chi connectivity index (χ3v) is 15.8. The van der Waals surface area contributed by atoms with Crippen LogP contribution in [0.5, 0.6) is 0 Å². The molecule has 97 heavy (non-hydrogen) atoms. The van der Waals surface area contributed by atoms with E-state index in [9.17, 15) is 87.2 Å². The Kier molecular flexibility index (Phi) is 33.7. The minimum Gasteiger partial charge on any atom is -0.480 e. The van der Waals surface area contributed by atoms with Gasteiger partial charge in [0.2, 0.25) is 82.7 Å². The first kappa shape index (κ1) is 81.6. The van der Waals surface area contributed by atoms with Crippen molar-refractivity contribution in [2.24, 2.45) is 57.1 Å². The maximum absolute atomic E-state index is 14.7. The summed E-state index contributed by atoms with van der Waals surface area (Å²) in [5.74, 6) is -16.2. The lowest BCUT2D eigenvalue weighted by Gasteiger charge is -2.32. The number of aliphatic imine (C=N–C) groups is 1. The highest BCUT2D eigenvalue weighted by Crippen LogP contribution is 2.23. The van der Waals surface area contributed by atoms with Gasteiger partial charge in [0.1, 0.15) is 72.5 Å². The summed E-state index contributed by atoms with van der Waals surface area (Å²) in [4.78, 5) is 215. The van der Waals surface area contributed by atoms with Gasteiger partial charge in [0.15, 0.2) is 5.96 Å². The molecule has 1 aromatic rings. The summed E-state index contributed by atoms with van der Waals surface area (Å²) in [5.41, 5.74) is 33.5. The number of likely N-dealkylation sites (tertiary alicyclic amines) is 2. The first-order chi connectivity index (χ1) is 45.6. The van der Waals surface area contributed by atoms with E-state index in [-0.39, 0.29) is 102 Å². The number of nitrogens with two attached hydrogens (primary N) is 6. The predicted molar refractivity (Wildman–Crippen MR) is 343 cm³/mol. The zero-order valence-corrected chi connectivity index (χ0v) is 55.5. The van der Waals surface area contributed by atoms with Crippen LogP contribution in [0, 0.1) is 17.8 Å². The van der Waals surface area contributed by atoms with E-state index in [4.69, 9.17) is 34.4 Å². The number of imidazole rings is 1. The van der Waals surface area contributed by atoms with Crippen molar-refractivity contribution in [3.8, 4) is 0 Å². The van der Waals surface area contributed by atoms with Gasteiger partial charge in [0.05, 0.1) is 26.0 Å². The molecule has 25 N–H and O–H groups in total. The molecule has 2 aliphatic rings. The Morgan fingerprint density at radius 2 is 0.990 bits per heavy atom. The number of guanidine groups is 1. The molecule has 14 amide bonds. The number of aliphatic carboxylic acids is 1. The number of aliphatic hydroxyl groups is 2. The second-order valence-electron chi connectivity index (χ2n) is 25.1. The van der Waals surface area contributed by atoms with Crippen LogP contribution in [0.2, 0.25) is 0 Å². The van der Waals surface area contributed by atoms with E-state index in [1.165, 1.54) is 12.5 Å². The van der Waals surface area contributed by atoms with E-state index >= 15 is 0 Å². The first-order valence-electron chi connectivity index (χ1n) is 32.0. The van der Waals surface area contributed by atoms with Crippen LogP contribution < -0.4 is 82.3 Å². The summed E-state index contributed by atoms with van der Waals surface area (Å²) in [5, 5.41) is 51.7. The van der Waals surface area contributed by atoms with Crippen LogP contribution >= 0.6 is 0 Å². The number of rotatable bonds is 42. The zero-order valence-electron chi connectivity index (χ0n) is 55.5. The molecule has 2 fully saturated rings. The smallest absolute Gasteiger partial charge is 0.326 e. The van der Waals surface area contributed by atoms with Crippen molar-refractivity contribution < 1.29 is 87.2 Å². The molecule has 0 unspecified atom stereocenters. The Morgan fingerprint density at radius 1 is 0.546 bits per heavy atom. The second kappa shape index (κ2) is 40.1. The largest absolute Gasteiger partial charge is 0.480 e. The van der Waals surface area contributed by atoms with Crippen LogP contribution in [-0.2, 0) is 78.3 Å². The van der Waals surface area contributed by atoms with E-state index in [0.717, 1.165) is 9.80 Å². The van der Waals surface area contributed by atoms with Crippen molar-refractivity contribution in [1.82, 2.24) is 67.6 Å². The Bertz CT molecular complexity index is 2960. The number of carbonyl (C=O) groups excluding carboxylic acids is 14. The number of hydrogen-bond donors (Lipinski definition) is 19. The number of nitrogens with one attached hydrogen (secondary N) is 10. The van der Waals surface area contributed by atoms with Crippen molar-refractivity contribution in [1.29, 1.82) is 0 Å². The third-order valence-electron chi connectivity index (χ3n) is 15.8. The molecule has 0 saturated carbocycles. The topological polar surface area (TPSA) is 629 Å². The monoisotopic (exact) mass is 1370 g/mol. The van der Waals surface area contributed by atoms with Gasteiger partial charge in [0, 0.05) is 50.8 Å². The molecular formula is C59H98N20O18. The third kappa shape index (κ3) is 27.2. The molecule has 0 aliphatic carbocycles. The SMILES string of the molecule is CC(C)C[C@H](NC(=O)[C@H](CC(N)=O)NC(=O)[C@@H]1CCCN1C(=O)[C@H](CCCN=C(N)N)NC(=O)[C@@H](NC(=O)[C@H](CO)NC(=O)[C@H](CC(C)C)NC(=O)[C@@H](N)CO)C(C)C)C(=O)N[C@@H](CCC(N)=O)C(=O)N1CCC[C@H]1C(=O)N[C@@H](CCC(N)=O)C(=O)N[C@@H](Cc1cnc[nH]1)C(=O)O.